The zero-order valence-corrected chi connectivity index (χ0v) is 11.7. The van der Waals surface area contributed by atoms with Gasteiger partial charge in [0.05, 0.1) is 0 Å². The van der Waals surface area contributed by atoms with Crippen LogP contribution in [0.4, 0.5) is 0 Å². The third-order valence-electron chi connectivity index (χ3n) is 4.13. The maximum absolute atomic E-state index is 4.96. The van der Waals surface area contributed by atoms with Crippen LogP contribution in [0.3, 0.4) is 0 Å². The number of hydrogen-bond acceptors (Lipinski definition) is 2. The number of benzene rings is 2. The van der Waals surface area contributed by atoms with Crippen molar-refractivity contribution in [3.63, 3.8) is 0 Å². The van der Waals surface area contributed by atoms with Gasteiger partial charge in [-0.15, -0.1) is 11.3 Å². The van der Waals surface area contributed by atoms with E-state index in [2.05, 4.69) is 53.1 Å². The number of aryl methyl sites for hydroxylation is 2. The molecular formula is C17H12N2S. The molecule has 0 bridgehead atoms. The van der Waals surface area contributed by atoms with Gasteiger partial charge in [0.2, 0.25) is 0 Å². The van der Waals surface area contributed by atoms with Crippen LogP contribution in [0.15, 0.2) is 48.5 Å². The standard InChI is InChI=1S/C17H12N2S/c1-2-6-12-11(5-1)9-10-19-16(12)18-15-13-7-3-4-8-14(13)20-17(15)19/h1-8H,9-10H2. The highest BCUT2D eigenvalue weighted by atomic mass is 32.1. The van der Waals surface area contributed by atoms with E-state index in [-0.39, 0.29) is 0 Å². The van der Waals surface area contributed by atoms with Crippen molar-refractivity contribution in [2.75, 3.05) is 0 Å². The zero-order chi connectivity index (χ0) is 13.1. The summed E-state index contributed by atoms with van der Waals surface area (Å²) in [5.74, 6) is 1.14. The van der Waals surface area contributed by atoms with E-state index in [1.165, 1.54) is 26.0 Å². The number of nitrogens with zero attached hydrogens (tertiary/aromatic N) is 2. The average Bonchev–Trinajstić information content (AvgIpc) is 3.03. The van der Waals surface area contributed by atoms with Gasteiger partial charge in [0, 0.05) is 22.2 Å². The van der Waals surface area contributed by atoms with Crippen LogP contribution in [-0.2, 0) is 13.0 Å². The minimum atomic E-state index is 1.04. The molecule has 0 radical (unpaired) electrons. The minimum Gasteiger partial charge on any atom is -0.315 e. The number of thiophene rings is 1. The number of imidazole rings is 1. The van der Waals surface area contributed by atoms with E-state index < -0.39 is 0 Å². The van der Waals surface area contributed by atoms with Crippen LogP contribution in [0.25, 0.3) is 31.8 Å². The van der Waals surface area contributed by atoms with Crippen molar-refractivity contribution in [2.45, 2.75) is 13.0 Å². The van der Waals surface area contributed by atoms with Crippen molar-refractivity contribution in [3.05, 3.63) is 54.1 Å². The fraction of sp³-hybridized carbons (Fsp3) is 0.118. The summed E-state index contributed by atoms with van der Waals surface area (Å²) < 4.78 is 3.72. The first kappa shape index (κ1) is 10.6. The second-order valence-corrected chi connectivity index (χ2v) is 6.28. The summed E-state index contributed by atoms with van der Waals surface area (Å²) in [4.78, 5) is 6.27. The Morgan fingerprint density at radius 3 is 2.85 bits per heavy atom. The summed E-state index contributed by atoms with van der Waals surface area (Å²) in [6.45, 7) is 1.04. The van der Waals surface area contributed by atoms with E-state index in [0.717, 1.165) is 24.3 Å². The van der Waals surface area contributed by atoms with Crippen LogP contribution in [-0.4, -0.2) is 9.55 Å². The molecule has 5 rings (SSSR count). The highest BCUT2D eigenvalue weighted by Crippen LogP contribution is 2.39. The Kier molecular flexibility index (Phi) is 1.97. The van der Waals surface area contributed by atoms with E-state index in [9.17, 15) is 0 Å². The van der Waals surface area contributed by atoms with Gasteiger partial charge in [-0.3, -0.25) is 0 Å². The van der Waals surface area contributed by atoms with Gasteiger partial charge in [0.1, 0.15) is 16.2 Å². The maximum Gasteiger partial charge on any atom is 0.142 e. The Morgan fingerprint density at radius 1 is 1.00 bits per heavy atom. The molecule has 20 heavy (non-hydrogen) atoms. The molecule has 3 heteroatoms. The Balaban J connectivity index is 1.92. The monoisotopic (exact) mass is 276 g/mol. The third-order valence-corrected chi connectivity index (χ3v) is 5.32. The van der Waals surface area contributed by atoms with Crippen LogP contribution in [0.2, 0.25) is 0 Å². The van der Waals surface area contributed by atoms with Gasteiger partial charge in [-0.25, -0.2) is 4.98 Å². The molecule has 0 spiro atoms. The molecule has 1 aliphatic rings. The second kappa shape index (κ2) is 3.70. The third kappa shape index (κ3) is 1.26. The number of aromatic nitrogens is 2. The van der Waals surface area contributed by atoms with Crippen molar-refractivity contribution in [1.29, 1.82) is 0 Å². The van der Waals surface area contributed by atoms with E-state index in [1.807, 2.05) is 11.3 Å². The summed E-state index contributed by atoms with van der Waals surface area (Å²) in [7, 11) is 0. The van der Waals surface area contributed by atoms with Gasteiger partial charge in [0.25, 0.3) is 0 Å². The molecule has 0 saturated carbocycles. The molecule has 0 fully saturated rings. The molecule has 0 saturated heterocycles. The van der Waals surface area contributed by atoms with Gasteiger partial charge in [-0.2, -0.15) is 0 Å². The van der Waals surface area contributed by atoms with Crippen molar-refractivity contribution in [3.8, 4) is 11.4 Å². The maximum atomic E-state index is 4.96. The largest absolute Gasteiger partial charge is 0.315 e. The van der Waals surface area contributed by atoms with Crippen LogP contribution < -0.4 is 0 Å². The van der Waals surface area contributed by atoms with E-state index in [4.69, 9.17) is 4.98 Å². The number of rotatable bonds is 0. The average molecular weight is 276 g/mol. The van der Waals surface area contributed by atoms with Gasteiger partial charge >= 0.3 is 0 Å². The van der Waals surface area contributed by atoms with E-state index >= 15 is 0 Å². The summed E-state index contributed by atoms with van der Waals surface area (Å²) in [5.41, 5.74) is 3.88. The molecule has 0 N–H and O–H groups in total. The second-order valence-electron chi connectivity index (χ2n) is 5.25. The predicted octanol–water partition coefficient (Wildman–Crippen LogP) is 4.47. The Bertz CT molecular complexity index is 962. The molecule has 96 valence electrons. The lowest BCUT2D eigenvalue weighted by Crippen LogP contribution is -2.10. The van der Waals surface area contributed by atoms with Crippen molar-refractivity contribution >= 4 is 31.8 Å². The smallest absolute Gasteiger partial charge is 0.142 e. The predicted molar refractivity (Wildman–Crippen MR) is 84.3 cm³/mol. The fourth-order valence-electron chi connectivity index (χ4n) is 3.17. The Morgan fingerprint density at radius 2 is 1.85 bits per heavy atom. The molecule has 1 aliphatic heterocycles. The highest BCUT2D eigenvalue weighted by molar-refractivity contribution is 7.25. The molecule has 2 aromatic heterocycles. The molecule has 2 aromatic carbocycles. The first-order valence-corrected chi connectivity index (χ1v) is 7.69. The molecular weight excluding hydrogens is 264 g/mol. The van der Waals surface area contributed by atoms with Crippen LogP contribution in [0.1, 0.15) is 5.56 Å². The minimum absolute atomic E-state index is 1.04. The Labute approximate surface area is 120 Å². The summed E-state index contributed by atoms with van der Waals surface area (Å²) in [6, 6.07) is 17.2. The van der Waals surface area contributed by atoms with Crippen LogP contribution in [0, 0.1) is 0 Å². The number of hydrogen-bond donors (Lipinski definition) is 0. The van der Waals surface area contributed by atoms with Crippen LogP contribution >= 0.6 is 11.3 Å². The molecule has 4 aromatic rings. The number of fused-ring (bicyclic) bond motifs is 7. The normalized spacial score (nSPS) is 13.6. The summed E-state index contributed by atoms with van der Waals surface area (Å²) in [6.07, 6.45) is 1.10. The fourth-order valence-corrected chi connectivity index (χ4v) is 4.34. The van der Waals surface area contributed by atoms with Gasteiger partial charge in [0.15, 0.2) is 0 Å². The molecule has 2 nitrogen and oxygen atoms in total. The lowest BCUT2D eigenvalue weighted by molar-refractivity contribution is 0.706. The van der Waals surface area contributed by atoms with Crippen molar-refractivity contribution in [1.82, 2.24) is 9.55 Å². The molecule has 0 aliphatic carbocycles. The van der Waals surface area contributed by atoms with Gasteiger partial charge < -0.3 is 4.57 Å². The zero-order valence-electron chi connectivity index (χ0n) is 10.8. The molecule has 0 amide bonds. The van der Waals surface area contributed by atoms with Gasteiger partial charge in [-0.1, -0.05) is 42.5 Å². The SMILES string of the molecule is c1ccc2c(c1)CCn1c-2nc2c3ccccc3sc21. The van der Waals surface area contributed by atoms with Crippen LogP contribution in [0.5, 0.6) is 0 Å². The quantitative estimate of drug-likeness (QED) is 0.463. The van der Waals surface area contributed by atoms with Crippen molar-refractivity contribution in [2.24, 2.45) is 0 Å². The first-order valence-electron chi connectivity index (χ1n) is 6.88. The van der Waals surface area contributed by atoms with E-state index in [1.54, 1.807) is 0 Å². The molecule has 0 unspecified atom stereocenters. The summed E-state index contributed by atoms with van der Waals surface area (Å²) in [5, 5.41) is 1.28. The lowest BCUT2D eigenvalue weighted by atomic mass is 10.0. The first-order chi connectivity index (χ1) is 9.92. The topological polar surface area (TPSA) is 17.8 Å². The molecule has 3 heterocycles. The van der Waals surface area contributed by atoms with E-state index in [0.29, 0.717) is 0 Å². The van der Waals surface area contributed by atoms with Crippen molar-refractivity contribution < 1.29 is 0 Å². The Hall–Kier alpha value is -2.13. The summed E-state index contributed by atoms with van der Waals surface area (Å²) >= 11 is 1.86. The van der Waals surface area contributed by atoms with Gasteiger partial charge in [-0.05, 0) is 18.1 Å². The lowest BCUT2D eigenvalue weighted by Gasteiger charge is -2.17. The highest BCUT2D eigenvalue weighted by Gasteiger charge is 2.22. The molecule has 0 atom stereocenters.